The maximum absolute atomic E-state index is 5.99. The van der Waals surface area contributed by atoms with Gasteiger partial charge in [0.05, 0.1) is 37.8 Å². The van der Waals surface area contributed by atoms with Gasteiger partial charge in [-0.1, -0.05) is 24.3 Å². The van der Waals surface area contributed by atoms with Crippen molar-refractivity contribution in [1.29, 1.82) is 0 Å². The summed E-state index contributed by atoms with van der Waals surface area (Å²) in [6.07, 6.45) is 0. The number of morpholine rings is 2. The normalized spacial score (nSPS) is 17.5. The van der Waals surface area contributed by atoms with Crippen LogP contribution in [0.4, 0.5) is 11.4 Å². The summed E-state index contributed by atoms with van der Waals surface area (Å²) in [6, 6.07) is 16.2. The zero-order valence-corrected chi connectivity index (χ0v) is 15.5. The second kappa shape index (κ2) is 9.02. The lowest BCUT2D eigenvalue weighted by Gasteiger charge is -2.31. The molecule has 0 amide bonds. The second-order valence-electron chi connectivity index (χ2n) is 6.54. The molecule has 2 aromatic carbocycles. The molecule has 4 rings (SSSR count). The summed E-state index contributed by atoms with van der Waals surface area (Å²) in [5.41, 5.74) is 2.18. The number of rotatable bonds is 6. The van der Waals surface area contributed by atoms with Crippen molar-refractivity contribution in [2.45, 2.75) is 0 Å². The molecule has 0 aliphatic carbocycles. The van der Waals surface area contributed by atoms with Gasteiger partial charge in [-0.05, 0) is 24.3 Å². The number of anilines is 2. The molecule has 0 N–H and O–H groups in total. The van der Waals surface area contributed by atoms with Gasteiger partial charge in [-0.3, -0.25) is 0 Å². The number of benzene rings is 2. The Bertz CT molecular complexity index is 672. The first-order valence-corrected chi connectivity index (χ1v) is 9.51. The molecule has 0 radical (unpaired) electrons. The van der Waals surface area contributed by atoms with Crippen LogP contribution in [-0.4, -0.2) is 60.3 Å². The third kappa shape index (κ3) is 4.49. The summed E-state index contributed by atoms with van der Waals surface area (Å²) in [4.78, 5) is 4.58. The van der Waals surface area contributed by atoms with Gasteiger partial charge < -0.3 is 28.6 Å². The molecule has 0 spiro atoms. The number of nitrogens with zero attached hydrogens (tertiary/aromatic N) is 2. The lowest BCUT2D eigenvalue weighted by atomic mass is 10.2. The Morgan fingerprint density at radius 3 is 1.48 bits per heavy atom. The number of ether oxygens (including phenoxy) is 2. The molecule has 0 bridgehead atoms. The van der Waals surface area contributed by atoms with E-state index in [-0.39, 0.29) is 7.69 Å². The summed E-state index contributed by atoms with van der Waals surface area (Å²) in [7, 11) is 0.169. The van der Waals surface area contributed by atoms with Gasteiger partial charge in [0.1, 0.15) is 11.5 Å². The van der Waals surface area contributed by atoms with E-state index in [1.807, 2.05) is 36.4 Å². The van der Waals surface area contributed by atoms with Gasteiger partial charge in [0.25, 0.3) is 0 Å². The van der Waals surface area contributed by atoms with E-state index in [1.54, 1.807) is 0 Å². The predicted octanol–water partition coefficient (Wildman–Crippen LogP) is 2.08. The van der Waals surface area contributed by atoms with Crippen molar-refractivity contribution in [3.8, 4) is 11.5 Å². The van der Waals surface area contributed by atoms with E-state index in [1.165, 1.54) is 0 Å². The fourth-order valence-corrected chi connectivity index (χ4v) is 3.45. The van der Waals surface area contributed by atoms with Gasteiger partial charge in [0.15, 0.2) is 0 Å². The Labute approximate surface area is 160 Å². The zero-order valence-electron chi connectivity index (χ0n) is 15.5. The van der Waals surface area contributed by atoms with Gasteiger partial charge >= 0.3 is 7.69 Å². The minimum absolute atomic E-state index is 0.169. The molecular formula is C20H25BN2O4. The first-order chi connectivity index (χ1) is 13.4. The molecule has 7 heteroatoms. The van der Waals surface area contributed by atoms with Crippen molar-refractivity contribution >= 4 is 19.1 Å². The summed E-state index contributed by atoms with van der Waals surface area (Å²) >= 11 is 0. The molecule has 2 saturated heterocycles. The highest BCUT2D eigenvalue weighted by Gasteiger charge is 2.17. The summed E-state index contributed by atoms with van der Waals surface area (Å²) in [6.45, 7) is 6.50. The summed E-state index contributed by atoms with van der Waals surface area (Å²) in [5, 5.41) is 0. The van der Waals surface area contributed by atoms with Crippen LogP contribution < -0.4 is 19.1 Å². The van der Waals surface area contributed by atoms with Crippen molar-refractivity contribution in [2.24, 2.45) is 0 Å². The highest BCUT2D eigenvalue weighted by molar-refractivity contribution is 6.21. The summed E-state index contributed by atoms with van der Waals surface area (Å²) < 4.78 is 22.9. The van der Waals surface area contributed by atoms with Crippen LogP contribution in [0.5, 0.6) is 11.5 Å². The van der Waals surface area contributed by atoms with Gasteiger partial charge in [-0.2, -0.15) is 0 Å². The van der Waals surface area contributed by atoms with Gasteiger partial charge in [-0.25, -0.2) is 0 Å². The molecule has 2 aliphatic heterocycles. The third-order valence-corrected chi connectivity index (χ3v) is 4.86. The molecule has 2 fully saturated rings. The van der Waals surface area contributed by atoms with E-state index in [0.29, 0.717) is 0 Å². The molecule has 0 unspecified atom stereocenters. The standard InChI is InChI=1S/C20H25BN2O4/c1-3-7-19(17(5-1)22-9-13-24-14-10-22)26-21-27-20-8-4-2-6-18(20)23-11-15-25-16-12-23/h1-8,21H,9-16H2. The van der Waals surface area contributed by atoms with Crippen molar-refractivity contribution in [3.05, 3.63) is 48.5 Å². The van der Waals surface area contributed by atoms with Crippen LogP contribution in [0.25, 0.3) is 0 Å². The molecular weight excluding hydrogens is 343 g/mol. The topological polar surface area (TPSA) is 43.4 Å². The number of hydrogen-bond donors (Lipinski definition) is 0. The Hall–Kier alpha value is -2.38. The average Bonchev–Trinajstić information content (AvgIpc) is 2.76. The fourth-order valence-electron chi connectivity index (χ4n) is 3.45. The molecule has 142 valence electrons. The monoisotopic (exact) mass is 368 g/mol. The Kier molecular flexibility index (Phi) is 6.01. The first-order valence-electron chi connectivity index (χ1n) is 9.51. The highest BCUT2D eigenvalue weighted by atomic mass is 16.6. The Balaban J connectivity index is 1.41. The van der Waals surface area contributed by atoms with Crippen LogP contribution in [0, 0.1) is 0 Å². The van der Waals surface area contributed by atoms with Crippen LogP contribution in [0.3, 0.4) is 0 Å². The molecule has 27 heavy (non-hydrogen) atoms. The van der Waals surface area contributed by atoms with Crippen molar-refractivity contribution in [1.82, 2.24) is 0 Å². The van der Waals surface area contributed by atoms with Gasteiger partial charge in [0.2, 0.25) is 0 Å². The molecule has 2 aliphatic rings. The minimum Gasteiger partial charge on any atom is -0.527 e. The van der Waals surface area contributed by atoms with E-state index in [2.05, 4.69) is 21.9 Å². The molecule has 0 saturated carbocycles. The van der Waals surface area contributed by atoms with E-state index in [0.717, 1.165) is 75.5 Å². The molecule has 2 aromatic rings. The Morgan fingerprint density at radius 1 is 0.630 bits per heavy atom. The van der Waals surface area contributed by atoms with E-state index < -0.39 is 0 Å². The molecule has 2 heterocycles. The Morgan fingerprint density at radius 2 is 1.04 bits per heavy atom. The number of hydrogen-bond acceptors (Lipinski definition) is 6. The average molecular weight is 368 g/mol. The first kappa shape index (κ1) is 18.0. The van der Waals surface area contributed by atoms with Crippen molar-refractivity contribution in [3.63, 3.8) is 0 Å². The van der Waals surface area contributed by atoms with Crippen LogP contribution >= 0.6 is 0 Å². The van der Waals surface area contributed by atoms with E-state index in [9.17, 15) is 0 Å². The lowest BCUT2D eigenvalue weighted by molar-refractivity contribution is 0.122. The van der Waals surface area contributed by atoms with Crippen LogP contribution in [0.1, 0.15) is 0 Å². The SMILES string of the molecule is B(Oc1ccccc1N1CCOCC1)Oc1ccccc1N1CCOCC1. The maximum Gasteiger partial charge on any atom is 0.576 e. The quantitative estimate of drug-likeness (QED) is 0.728. The maximum atomic E-state index is 5.99. The zero-order chi connectivity index (χ0) is 18.3. The van der Waals surface area contributed by atoms with Crippen LogP contribution in [-0.2, 0) is 9.47 Å². The van der Waals surface area contributed by atoms with Crippen LogP contribution in [0.15, 0.2) is 48.5 Å². The smallest absolute Gasteiger partial charge is 0.527 e. The van der Waals surface area contributed by atoms with E-state index in [4.69, 9.17) is 18.8 Å². The fraction of sp³-hybridized carbons (Fsp3) is 0.400. The lowest BCUT2D eigenvalue weighted by Crippen LogP contribution is -2.36. The molecule has 0 atom stereocenters. The van der Waals surface area contributed by atoms with Crippen LogP contribution in [0.2, 0.25) is 0 Å². The van der Waals surface area contributed by atoms with Gasteiger partial charge in [-0.15, -0.1) is 0 Å². The largest absolute Gasteiger partial charge is 0.576 e. The summed E-state index contributed by atoms with van der Waals surface area (Å²) in [5.74, 6) is 1.67. The van der Waals surface area contributed by atoms with Crippen molar-refractivity contribution < 1.29 is 18.8 Å². The van der Waals surface area contributed by atoms with Crippen molar-refractivity contribution in [2.75, 3.05) is 62.4 Å². The molecule has 6 nitrogen and oxygen atoms in total. The second-order valence-corrected chi connectivity index (χ2v) is 6.54. The predicted molar refractivity (Wildman–Crippen MR) is 107 cm³/mol. The van der Waals surface area contributed by atoms with E-state index >= 15 is 0 Å². The third-order valence-electron chi connectivity index (χ3n) is 4.86. The minimum atomic E-state index is 0.169. The molecule has 0 aromatic heterocycles. The number of para-hydroxylation sites is 4. The highest BCUT2D eigenvalue weighted by Crippen LogP contribution is 2.30. The van der Waals surface area contributed by atoms with Gasteiger partial charge in [0, 0.05) is 26.2 Å².